The molecule has 0 spiro atoms. The predicted molar refractivity (Wildman–Crippen MR) is 93.9 cm³/mol. The van der Waals surface area contributed by atoms with Gasteiger partial charge in [0, 0.05) is 37.5 Å². The first kappa shape index (κ1) is 18.4. The van der Waals surface area contributed by atoms with E-state index < -0.39 is 0 Å². The third-order valence-corrected chi connectivity index (χ3v) is 4.20. The minimum absolute atomic E-state index is 0. The van der Waals surface area contributed by atoms with E-state index in [9.17, 15) is 4.79 Å². The van der Waals surface area contributed by atoms with Gasteiger partial charge in [-0.25, -0.2) is 0 Å². The first-order valence-electron chi connectivity index (χ1n) is 8.02. The second kappa shape index (κ2) is 8.26. The van der Waals surface area contributed by atoms with Gasteiger partial charge in [-0.05, 0) is 38.1 Å². The van der Waals surface area contributed by atoms with Crippen molar-refractivity contribution in [3.8, 4) is 11.5 Å². The van der Waals surface area contributed by atoms with Crippen LogP contribution in [0.2, 0.25) is 0 Å². The Balaban J connectivity index is 0.00000208. The molecule has 0 bridgehead atoms. The standard InChI is InChI=1S/C17H22N4O2.ClH/c1-12(18-2)10-15-19-17(23-20-15)14-7-5-13(6-8-14)11-21-9-3-4-16(21)22;/h5-8,12,18H,3-4,9-11H2,1-2H3;1H. The van der Waals surface area contributed by atoms with Gasteiger partial charge in [0.1, 0.15) is 0 Å². The van der Waals surface area contributed by atoms with Crippen LogP contribution in [0.1, 0.15) is 31.2 Å². The lowest BCUT2D eigenvalue weighted by molar-refractivity contribution is -0.128. The quantitative estimate of drug-likeness (QED) is 0.866. The van der Waals surface area contributed by atoms with Crippen LogP contribution < -0.4 is 5.32 Å². The maximum absolute atomic E-state index is 11.7. The molecule has 1 N–H and O–H groups in total. The molecule has 1 atom stereocenters. The highest BCUT2D eigenvalue weighted by molar-refractivity contribution is 5.85. The molecule has 7 heteroatoms. The molecular formula is C17H23ClN4O2. The van der Waals surface area contributed by atoms with Crippen molar-refractivity contribution in [2.75, 3.05) is 13.6 Å². The number of carbonyl (C=O) groups is 1. The van der Waals surface area contributed by atoms with Crippen LogP contribution in [-0.4, -0.2) is 40.6 Å². The molecule has 3 rings (SSSR count). The second-order valence-electron chi connectivity index (χ2n) is 6.03. The predicted octanol–water partition coefficient (Wildman–Crippen LogP) is 2.43. The van der Waals surface area contributed by atoms with Gasteiger partial charge in [-0.15, -0.1) is 12.4 Å². The van der Waals surface area contributed by atoms with Crippen LogP contribution in [-0.2, 0) is 17.8 Å². The van der Waals surface area contributed by atoms with Crippen LogP contribution in [0.5, 0.6) is 0 Å². The molecule has 1 aliphatic heterocycles. The molecule has 1 aromatic heterocycles. The summed E-state index contributed by atoms with van der Waals surface area (Å²) in [6.07, 6.45) is 2.37. The Bertz CT molecular complexity index is 671. The fourth-order valence-electron chi connectivity index (χ4n) is 2.67. The van der Waals surface area contributed by atoms with Gasteiger partial charge in [0.05, 0.1) is 0 Å². The summed E-state index contributed by atoms with van der Waals surface area (Å²) in [5.41, 5.74) is 2.02. The van der Waals surface area contributed by atoms with E-state index in [2.05, 4.69) is 22.4 Å². The van der Waals surface area contributed by atoms with Gasteiger partial charge < -0.3 is 14.7 Å². The molecule has 0 aliphatic carbocycles. The molecule has 1 aromatic carbocycles. The molecule has 1 saturated heterocycles. The number of aromatic nitrogens is 2. The van der Waals surface area contributed by atoms with E-state index >= 15 is 0 Å². The van der Waals surface area contributed by atoms with Crippen molar-refractivity contribution in [2.24, 2.45) is 0 Å². The maximum Gasteiger partial charge on any atom is 0.257 e. The summed E-state index contributed by atoms with van der Waals surface area (Å²) in [7, 11) is 1.91. The van der Waals surface area contributed by atoms with Crippen LogP contribution in [0.3, 0.4) is 0 Å². The number of halogens is 1. The lowest BCUT2D eigenvalue weighted by Gasteiger charge is -2.15. The summed E-state index contributed by atoms with van der Waals surface area (Å²) < 4.78 is 5.33. The minimum atomic E-state index is 0. The molecule has 1 amide bonds. The second-order valence-corrected chi connectivity index (χ2v) is 6.03. The van der Waals surface area contributed by atoms with Crippen molar-refractivity contribution in [3.63, 3.8) is 0 Å². The molecule has 6 nitrogen and oxygen atoms in total. The number of amides is 1. The highest BCUT2D eigenvalue weighted by Crippen LogP contribution is 2.20. The molecule has 0 saturated carbocycles. The zero-order chi connectivity index (χ0) is 16.2. The number of nitrogens with zero attached hydrogens (tertiary/aromatic N) is 3. The number of carbonyl (C=O) groups excluding carboxylic acids is 1. The zero-order valence-corrected chi connectivity index (χ0v) is 14.8. The summed E-state index contributed by atoms with van der Waals surface area (Å²) in [6.45, 7) is 3.61. The van der Waals surface area contributed by atoms with E-state index in [0.29, 0.717) is 30.7 Å². The Morgan fingerprint density at radius 1 is 1.33 bits per heavy atom. The minimum Gasteiger partial charge on any atom is -0.338 e. The van der Waals surface area contributed by atoms with E-state index in [1.165, 1.54) is 0 Å². The van der Waals surface area contributed by atoms with E-state index in [1.807, 2.05) is 36.2 Å². The summed E-state index contributed by atoms with van der Waals surface area (Å²) >= 11 is 0. The summed E-state index contributed by atoms with van der Waals surface area (Å²) in [6, 6.07) is 8.27. The maximum atomic E-state index is 11.7. The lowest BCUT2D eigenvalue weighted by Crippen LogP contribution is -2.24. The van der Waals surface area contributed by atoms with Crippen LogP contribution >= 0.6 is 12.4 Å². The molecule has 2 heterocycles. The fourth-order valence-corrected chi connectivity index (χ4v) is 2.67. The molecule has 0 radical (unpaired) electrons. The zero-order valence-electron chi connectivity index (χ0n) is 14.0. The van der Waals surface area contributed by atoms with Crippen LogP contribution in [0, 0.1) is 0 Å². The summed E-state index contributed by atoms with van der Waals surface area (Å²) in [5, 5.41) is 7.17. The molecule has 130 valence electrons. The Morgan fingerprint density at radius 3 is 2.71 bits per heavy atom. The third kappa shape index (κ3) is 4.33. The number of hydrogen-bond acceptors (Lipinski definition) is 5. The van der Waals surface area contributed by atoms with Gasteiger partial charge in [0.25, 0.3) is 5.89 Å². The van der Waals surface area contributed by atoms with Gasteiger partial charge in [0.2, 0.25) is 5.91 Å². The van der Waals surface area contributed by atoms with Crippen molar-refractivity contribution < 1.29 is 9.32 Å². The Hall–Kier alpha value is -1.92. The average molecular weight is 351 g/mol. The van der Waals surface area contributed by atoms with Gasteiger partial charge in [-0.3, -0.25) is 4.79 Å². The molecule has 24 heavy (non-hydrogen) atoms. The van der Waals surface area contributed by atoms with Crippen molar-refractivity contribution in [1.29, 1.82) is 0 Å². The van der Waals surface area contributed by atoms with E-state index in [4.69, 9.17) is 4.52 Å². The molecule has 1 aliphatic rings. The highest BCUT2D eigenvalue weighted by atomic mass is 35.5. The van der Waals surface area contributed by atoms with Gasteiger partial charge in [-0.1, -0.05) is 17.3 Å². The number of rotatable bonds is 6. The normalized spacial score (nSPS) is 15.4. The van der Waals surface area contributed by atoms with Crippen LogP contribution in [0.4, 0.5) is 0 Å². The smallest absolute Gasteiger partial charge is 0.257 e. The third-order valence-electron chi connectivity index (χ3n) is 4.20. The Kier molecular flexibility index (Phi) is 6.34. The number of nitrogens with one attached hydrogen (secondary N) is 1. The summed E-state index contributed by atoms with van der Waals surface area (Å²) in [5.74, 6) is 1.48. The molecule has 2 aromatic rings. The van der Waals surface area contributed by atoms with E-state index in [1.54, 1.807) is 0 Å². The van der Waals surface area contributed by atoms with Crippen LogP contribution in [0.15, 0.2) is 28.8 Å². The Morgan fingerprint density at radius 2 is 2.08 bits per heavy atom. The molecule has 1 fully saturated rings. The van der Waals surface area contributed by atoms with E-state index in [-0.39, 0.29) is 18.3 Å². The van der Waals surface area contributed by atoms with Crippen molar-refractivity contribution in [1.82, 2.24) is 20.4 Å². The topological polar surface area (TPSA) is 71.3 Å². The SMILES string of the molecule is CNC(C)Cc1noc(-c2ccc(CN3CCCC3=O)cc2)n1.Cl. The van der Waals surface area contributed by atoms with Gasteiger partial charge >= 0.3 is 0 Å². The number of likely N-dealkylation sites (N-methyl/N-ethyl adjacent to an activating group) is 1. The first-order valence-corrected chi connectivity index (χ1v) is 8.02. The van der Waals surface area contributed by atoms with Crippen LogP contribution in [0.25, 0.3) is 11.5 Å². The number of hydrogen-bond donors (Lipinski definition) is 1. The Labute approximate surface area is 148 Å². The van der Waals surface area contributed by atoms with Crippen molar-refractivity contribution in [2.45, 2.75) is 38.8 Å². The first-order chi connectivity index (χ1) is 11.2. The molecule has 1 unspecified atom stereocenters. The van der Waals surface area contributed by atoms with Gasteiger partial charge in [0.15, 0.2) is 5.82 Å². The van der Waals surface area contributed by atoms with E-state index in [0.717, 1.165) is 30.5 Å². The van der Waals surface area contributed by atoms with Crippen molar-refractivity contribution in [3.05, 3.63) is 35.7 Å². The largest absolute Gasteiger partial charge is 0.338 e. The molecular weight excluding hydrogens is 328 g/mol. The monoisotopic (exact) mass is 350 g/mol. The average Bonchev–Trinajstić information content (AvgIpc) is 3.18. The number of benzene rings is 1. The summed E-state index contributed by atoms with van der Waals surface area (Å²) in [4.78, 5) is 18.0. The fraction of sp³-hybridized carbons (Fsp3) is 0.471. The highest BCUT2D eigenvalue weighted by Gasteiger charge is 2.20. The van der Waals surface area contributed by atoms with Gasteiger partial charge in [-0.2, -0.15) is 4.98 Å². The van der Waals surface area contributed by atoms with Crippen molar-refractivity contribution >= 4 is 18.3 Å². The number of likely N-dealkylation sites (tertiary alicyclic amines) is 1. The lowest BCUT2D eigenvalue weighted by atomic mass is 10.1.